The van der Waals surface area contributed by atoms with Gasteiger partial charge in [-0.1, -0.05) is 18.2 Å². The SMILES string of the molecule is C=C/C=N\C1=C(C)CCCC1. The van der Waals surface area contributed by atoms with E-state index in [1.54, 1.807) is 12.3 Å². The second-order valence-electron chi connectivity index (χ2n) is 2.95. The molecule has 0 atom stereocenters. The van der Waals surface area contributed by atoms with Crippen LogP contribution in [-0.2, 0) is 0 Å². The van der Waals surface area contributed by atoms with Gasteiger partial charge in [-0.05, 0) is 32.6 Å². The molecular formula is C10H15N. The molecule has 1 nitrogen and oxygen atoms in total. The zero-order valence-corrected chi connectivity index (χ0v) is 7.14. The summed E-state index contributed by atoms with van der Waals surface area (Å²) in [5.74, 6) is 0. The van der Waals surface area contributed by atoms with Crippen LogP contribution in [0.5, 0.6) is 0 Å². The van der Waals surface area contributed by atoms with E-state index in [2.05, 4.69) is 18.5 Å². The minimum atomic E-state index is 1.15. The van der Waals surface area contributed by atoms with Crippen LogP contribution in [0.15, 0.2) is 28.9 Å². The monoisotopic (exact) mass is 149 g/mol. The van der Waals surface area contributed by atoms with Crippen molar-refractivity contribution in [1.29, 1.82) is 0 Å². The van der Waals surface area contributed by atoms with Crippen LogP contribution in [-0.4, -0.2) is 6.21 Å². The predicted octanol–water partition coefficient (Wildman–Crippen LogP) is 3.09. The molecule has 0 unspecified atom stereocenters. The highest BCUT2D eigenvalue weighted by Gasteiger charge is 2.06. The molecule has 11 heavy (non-hydrogen) atoms. The second-order valence-corrected chi connectivity index (χ2v) is 2.95. The second kappa shape index (κ2) is 4.12. The van der Waals surface area contributed by atoms with Crippen molar-refractivity contribution in [2.45, 2.75) is 32.6 Å². The maximum Gasteiger partial charge on any atom is 0.0392 e. The predicted molar refractivity (Wildman–Crippen MR) is 49.9 cm³/mol. The van der Waals surface area contributed by atoms with Gasteiger partial charge in [-0.2, -0.15) is 0 Å². The van der Waals surface area contributed by atoms with Crippen molar-refractivity contribution in [3.05, 3.63) is 23.9 Å². The van der Waals surface area contributed by atoms with Gasteiger partial charge in [0, 0.05) is 11.9 Å². The molecule has 0 spiro atoms. The van der Waals surface area contributed by atoms with Gasteiger partial charge in [-0.3, -0.25) is 4.99 Å². The fourth-order valence-corrected chi connectivity index (χ4v) is 1.36. The van der Waals surface area contributed by atoms with Crippen LogP contribution in [0.1, 0.15) is 32.6 Å². The van der Waals surface area contributed by atoms with Crippen molar-refractivity contribution in [1.82, 2.24) is 0 Å². The highest BCUT2D eigenvalue weighted by Crippen LogP contribution is 2.24. The van der Waals surface area contributed by atoms with E-state index in [-0.39, 0.29) is 0 Å². The van der Waals surface area contributed by atoms with E-state index < -0.39 is 0 Å². The molecule has 0 saturated carbocycles. The molecule has 1 aliphatic rings. The van der Waals surface area contributed by atoms with Crippen LogP contribution >= 0.6 is 0 Å². The normalized spacial score (nSPS) is 19.4. The molecule has 1 aliphatic carbocycles. The summed E-state index contributed by atoms with van der Waals surface area (Å²) >= 11 is 0. The molecule has 0 N–H and O–H groups in total. The zero-order valence-electron chi connectivity index (χ0n) is 7.14. The topological polar surface area (TPSA) is 12.4 Å². The van der Waals surface area contributed by atoms with Crippen molar-refractivity contribution in [3.63, 3.8) is 0 Å². The summed E-state index contributed by atoms with van der Waals surface area (Å²) in [6.07, 6.45) is 8.51. The van der Waals surface area contributed by atoms with Crippen LogP contribution in [0.2, 0.25) is 0 Å². The van der Waals surface area contributed by atoms with Crippen molar-refractivity contribution < 1.29 is 0 Å². The van der Waals surface area contributed by atoms with Gasteiger partial charge in [0.1, 0.15) is 0 Å². The number of hydrogen-bond donors (Lipinski definition) is 0. The van der Waals surface area contributed by atoms with E-state index in [0.29, 0.717) is 0 Å². The van der Waals surface area contributed by atoms with Gasteiger partial charge < -0.3 is 0 Å². The Bertz CT molecular complexity index is 199. The number of nitrogens with zero attached hydrogens (tertiary/aromatic N) is 1. The summed E-state index contributed by atoms with van der Waals surface area (Å²) in [5.41, 5.74) is 2.73. The van der Waals surface area contributed by atoms with Gasteiger partial charge >= 0.3 is 0 Å². The average molecular weight is 149 g/mol. The van der Waals surface area contributed by atoms with Gasteiger partial charge in [0.25, 0.3) is 0 Å². The van der Waals surface area contributed by atoms with Crippen LogP contribution in [0.25, 0.3) is 0 Å². The number of allylic oxidation sites excluding steroid dienone is 3. The Morgan fingerprint density at radius 3 is 2.73 bits per heavy atom. The highest BCUT2D eigenvalue weighted by atomic mass is 14.7. The fraction of sp³-hybridized carbons (Fsp3) is 0.500. The highest BCUT2D eigenvalue weighted by molar-refractivity contribution is 5.71. The first-order valence-electron chi connectivity index (χ1n) is 4.18. The lowest BCUT2D eigenvalue weighted by Gasteiger charge is -2.12. The number of aliphatic imine (C=N–C) groups is 1. The first-order chi connectivity index (χ1) is 5.34. The molecule has 0 aromatic heterocycles. The van der Waals surface area contributed by atoms with E-state index in [1.807, 2.05) is 0 Å². The van der Waals surface area contributed by atoms with Crippen molar-refractivity contribution in [2.75, 3.05) is 0 Å². The van der Waals surface area contributed by atoms with E-state index in [9.17, 15) is 0 Å². The fourth-order valence-electron chi connectivity index (χ4n) is 1.36. The summed E-state index contributed by atoms with van der Waals surface area (Å²) in [7, 11) is 0. The van der Waals surface area contributed by atoms with E-state index in [4.69, 9.17) is 0 Å². The van der Waals surface area contributed by atoms with Crippen LogP contribution in [0.4, 0.5) is 0 Å². The molecule has 60 valence electrons. The molecule has 1 heteroatoms. The molecule has 0 heterocycles. The smallest absolute Gasteiger partial charge is 0.0392 e. The lowest BCUT2D eigenvalue weighted by atomic mass is 9.98. The molecule has 0 amide bonds. The van der Waals surface area contributed by atoms with E-state index in [0.717, 1.165) is 6.42 Å². The lowest BCUT2D eigenvalue weighted by molar-refractivity contribution is 0.668. The first kappa shape index (κ1) is 8.25. The maximum atomic E-state index is 4.32. The quantitative estimate of drug-likeness (QED) is 0.535. The summed E-state index contributed by atoms with van der Waals surface area (Å²) in [4.78, 5) is 4.32. The molecule has 0 aliphatic heterocycles. The molecule has 0 saturated heterocycles. The van der Waals surface area contributed by atoms with Gasteiger partial charge in [-0.25, -0.2) is 0 Å². The van der Waals surface area contributed by atoms with Crippen molar-refractivity contribution in [2.24, 2.45) is 4.99 Å². The molecule has 0 aromatic rings. The largest absolute Gasteiger partial charge is 0.261 e. The Morgan fingerprint density at radius 1 is 1.36 bits per heavy atom. The third kappa shape index (κ3) is 2.34. The molecule has 0 bridgehead atoms. The molecule has 1 rings (SSSR count). The summed E-state index contributed by atoms with van der Waals surface area (Å²) in [6, 6.07) is 0. The van der Waals surface area contributed by atoms with Crippen molar-refractivity contribution >= 4 is 6.21 Å². The Morgan fingerprint density at radius 2 is 2.09 bits per heavy atom. The van der Waals surface area contributed by atoms with E-state index in [1.165, 1.54) is 30.5 Å². The molecule has 0 fully saturated rings. The maximum absolute atomic E-state index is 4.32. The molecule has 0 aromatic carbocycles. The summed E-state index contributed by atoms with van der Waals surface area (Å²) in [6.45, 7) is 5.77. The third-order valence-electron chi connectivity index (χ3n) is 2.04. The third-order valence-corrected chi connectivity index (χ3v) is 2.04. The van der Waals surface area contributed by atoms with Gasteiger partial charge in [0.05, 0.1) is 0 Å². The van der Waals surface area contributed by atoms with Gasteiger partial charge in [0.2, 0.25) is 0 Å². The number of hydrogen-bond acceptors (Lipinski definition) is 1. The minimum absolute atomic E-state index is 1.15. The number of rotatable bonds is 2. The minimum Gasteiger partial charge on any atom is -0.261 e. The lowest BCUT2D eigenvalue weighted by Crippen LogP contribution is -1.94. The average Bonchev–Trinajstić information content (AvgIpc) is 2.03. The Balaban J connectivity index is 2.66. The Kier molecular flexibility index (Phi) is 3.09. The van der Waals surface area contributed by atoms with Gasteiger partial charge in [-0.15, -0.1) is 0 Å². The van der Waals surface area contributed by atoms with Crippen LogP contribution in [0, 0.1) is 0 Å². The first-order valence-corrected chi connectivity index (χ1v) is 4.18. The Labute approximate surface area is 68.5 Å². The molecule has 0 radical (unpaired) electrons. The standard InChI is InChI=1S/C10H15N/c1-3-8-11-10-7-5-4-6-9(10)2/h3,8H,1,4-7H2,2H3/b11-8-. The summed E-state index contributed by atoms with van der Waals surface area (Å²) < 4.78 is 0. The van der Waals surface area contributed by atoms with Crippen LogP contribution < -0.4 is 0 Å². The van der Waals surface area contributed by atoms with Crippen LogP contribution in [0.3, 0.4) is 0 Å². The zero-order chi connectivity index (χ0) is 8.10. The van der Waals surface area contributed by atoms with Crippen molar-refractivity contribution in [3.8, 4) is 0 Å². The Hall–Kier alpha value is -0.850. The van der Waals surface area contributed by atoms with Gasteiger partial charge in [0.15, 0.2) is 0 Å². The van der Waals surface area contributed by atoms with E-state index >= 15 is 0 Å². The summed E-state index contributed by atoms with van der Waals surface area (Å²) in [5, 5.41) is 0. The molecular weight excluding hydrogens is 134 g/mol.